The highest BCUT2D eigenvalue weighted by molar-refractivity contribution is 5.82. The van der Waals surface area contributed by atoms with Gasteiger partial charge in [0.15, 0.2) is 5.76 Å². The van der Waals surface area contributed by atoms with Crippen LogP contribution < -0.4 is 5.43 Å². The van der Waals surface area contributed by atoms with E-state index in [9.17, 15) is 20.0 Å². The number of hydrogen-bond acceptors (Lipinski definition) is 5. The van der Waals surface area contributed by atoms with Crippen LogP contribution in [-0.2, 0) is 0 Å². The van der Waals surface area contributed by atoms with Crippen LogP contribution in [0.4, 0.5) is 5.69 Å². The van der Waals surface area contributed by atoms with Crippen molar-refractivity contribution in [1.82, 2.24) is 0 Å². The minimum Gasteiger partial charge on any atom is -0.502 e. The molecule has 0 atom stereocenters. The molecule has 3 aromatic rings. The van der Waals surface area contributed by atoms with E-state index < -0.39 is 16.1 Å². The van der Waals surface area contributed by atoms with Gasteiger partial charge in [-0.1, -0.05) is 6.07 Å². The van der Waals surface area contributed by atoms with Gasteiger partial charge in [-0.25, -0.2) is 0 Å². The van der Waals surface area contributed by atoms with Crippen molar-refractivity contribution in [2.75, 3.05) is 0 Å². The van der Waals surface area contributed by atoms with Gasteiger partial charge >= 0.3 is 0 Å². The molecule has 0 bridgehead atoms. The summed E-state index contributed by atoms with van der Waals surface area (Å²) < 4.78 is 5.62. The zero-order chi connectivity index (χ0) is 15.9. The normalized spacial score (nSPS) is 10.8. The summed E-state index contributed by atoms with van der Waals surface area (Å²) in [6, 6.07) is 10.5. The van der Waals surface area contributed by atoms with Crippen LogP contribution in [0.3, 0.4) is 0 Å². The van der Waals surface area contributed by atoms with Crippen molar-refractivity contribution in [3.05, 3.63) is 68.4 Å². The Morgan fingerprint density at radius 1 is 1.14 bits per heavy atom. The van der Waals surface area contributed by atoms with Gasteiger partial charge in [0.25, 0.3) is 5.69 Å². The maximum atomic E-state index is 12.2. The summed E-state index contributed by atoms with van der Waals surface area (Å²) in [4.78, 5) is 22.3. The number of benzene rings is 2. The van der Waals surface area contributed by atoms with Gasteiger partial charge in [0.05, 0.1) is 10.3 Å². The Hall–Kier alpha value is -3.15. The van der Waals surface area contributed by atoms with Gasteiger partial charge in [0.2, 0.25) is 11.2 Å². The lowest BCUT2D eigenvalue weighted by molar-refractivity contribution is -0.384. The Kier molecular flexibility index (Phi) is 3.14. The molecule has 0 fully saturated rings. The number of hydrogen-bond donors (Lipinski definition) is 1. The van der Waals surface area contributed by atoms with Crippen molar-refractivity contribution < 1.29 is 14.4 Å². The number of fused-ring (bicyclic) bond motifs is 1. The van der Waals surface area contributed by atoms with Crippen LogP contribution in [0.15, 0.2) is 51.7 Å². The highest BCUT2D eigenvalue weighted by Crippen LogP contribution is 2.31. The van der Waals surface area contributed by atoms with Crippen LogP contribution in [0.25, 0.3) is 22.3 Å². The predicted octanol–water partition coefficient (Wildman–Crippen LogP) is 3.38. The van der Waals surface area contributed by atoms with Crippen LogP contribution in [-0.4, -0.2) is 10.0 Å². The minimum atomic E-state index is -0.533. The van der Waals surface area contributed by atoms with E-state index in [-0.39, 0.29) is 16.8 Å². The summed E-state index contributed by atoms with van der Waals surface area (Å²) in [5, 5.41) is 21.0. The van der Waals surface area contributed by atoms with E-state index in [4.69, 9.17) is 4.42 Å². The SMILES string of the molecule is Cc1ccc2c(=O)c(O)c(-c3ccc([N+](=O)[O-])cc3)oc2c1. The van der Waals surface area contributed by atoms with E-state index in [2.05, 4.69) is 0 Å². The second-order valence-corrected chi connectivity index (χ2v) is 4.91. The van der Waals surface area contributed by atoms with Crippen molar-refractivity contribution in [2.24, 2.45) is 0 Å². The fourth-order valence-electron chi connectivity index (χ4n) is 2.22. The Bertz CT molecular complexity index is 941. The van der Waals surface area contributed by atoms with E-state index in [0.717, 1.165) is 5.56 Å². The Balaban J connectivity index is 2.24. The van der Waals surface area contributed by atoms with E-state index in [1.54, 1.807) is 18.2 Å². The van der Waals surface area contributed by atoms with Crippen LogP contribution in [0.2, 0.25) is 0 Å². The first kappa shape index (κ1) is 13.8. The molecule has 2 aromatic carbocycles. The van der Waals surface area contributed by atoms with Gasteiger partial charge in [-0.3, -0.25) is 14.9 Å². The van der Waals surface area contributed by atoms with Crippen LogP contribution in [0.5, 0.6) is 5.75 Å². The van der Waals surface area contributed by atoms with E-state index >= 15 is 0 Å². The number of nitro benzene ring substituents is 1. The lowest BCUT2D eigenvalue weighted by atomic mass is 10.1. The van der Waals surface area contributed by atoms with E-state index in [1.807, 2.05) is 6.92 Å². The average molecular weight is 297 g/mol. The van der Waals surface area contributed by atoms with Crippen molar-refractivity contribution in [1.29, 1.82) is 0 Å². The number of nitro groups is 1. The molecule has 1 heterocycles. The zero-order valence-electron chi connectivity index (χ0n) is 11.6. The van der Waals surface area contributed by atoms with Crippen molar-refractivity contribution >= 4 is 16.7 Å². The molecule has 22 heavy (non-hydrogen) atoms. The molecule has 110 valence electrons. The summed E-state index contributed by atoms with van der Waals surface area (Å²) in [5.74, 6) is -0.511. The molecule has 0 spiro atoms. The molecule has 0 saturated carbocycles. The van der Waals surface area contributed by atoms with Crippen molar-refractivity contribution in [3.8, 4) is 17.1 Å². The van der Waals surface area contributed by atoms with Gasteiger partial charge < -0.3 is 9.52 Å². The standard InChI is InChI=1S/C16H11NO5/c1-9-2-7-12-13(8-9)22-16(15(19)14(12)18)10-3-5-11(6-4-10)17(20)21/h2-8,19H,1H3. The third kappa shape index (κ3) is 2.20. The molecule has 0 amide bonds. The molecule has 0 radical (unpaired) electrons. The number of rotatable bonds is 2. The maximum Gasteiger partial charge on any atom is 0.269 e. The second kappa shape index (κ2) is 5.00. The lowest BCUT2D eigenvalue weighted by Gasteiger charge is -2.06. The summed E-state index contributed by atoms with van der Waals surface area (Å²) in [6.45, 7) is 1.86. The first-order chi connectivity index (χ1) is 10.5. The Morgan fingerprint density at radius 2 is 1.82 bits per heavy atom. The number of nitrogens with zero attached hydrogens (tertiary/aromatic N) is 1. The topological polar surface area (TPSA) is 93.6 Å². The molecule has 6 nitrogen and oxygen atoms in total. The molecular formula is C16H11NO5. The molecule has 6 heteroatoms. The van der Waals surface area contributed by atoms with E-state index in [1.165, 1.54) is 24.3 Å². The monoisotopic (exact) mass is 297 g/mol. The number of aromatic hydroxyl groups is 1. The Morgan fingerprint density at radius 3 is 2.45 bits per heavy atom. The molecule has 0 saturated heterocycles. The quantitative estimate of drug-likeness (QED) is 0.578. The molecule has 1 aromatic heterocycles. The summed E-state index contributed by atoms with van der Waals surface area (Å²) in [6.07, 6.45) is 0. The Labute approximate surface area is 124 Å². The highest BCUT2D eigenvalue weighted by Gasteiger charge is 2.16. The van der Waals surface area contributed by atoms with Gasteiger partial charge in [0.1, 0.15) is 5.58 Å². The molecule has 3 rings (SSSR count). The fourth-order valence-corrected chi connectivity index (χ4v) is 2.22. The van der Waals surface area contributed by atoms with E-state index in [0.29, 0.717) is 11.1 Å². The second-order valence-electron chi connectivity index (χ2n) is 4.91. The number of non-ortho nitro benzene ring substituents is 1. The van der Waals surface area contributed by atoms with Gasteiger partial charge in [-0.05, 0) is 36.8 Å². The van der Waals surface area contributed by atoms with Gasteiger partial charge in [-0.2, -0.15) is 0 Å². The molecular weight excluding hydrogens is 286 g/mol. The minimum absolute atomic E-state index is 0.00185. The van der Waals surface area contributed by atoms with Crippen LogP contribution >= 0.6 is 0 Å². The summed E-state index contributed by atoms with van der Waals surface area (Å²) in [5.41, 5.74) is 1.05. The smallest absolute Gasteiger partial charge is 0.269 e. The number of aryl methyl sites for hydroxylation is 1. The molecule has 0 aliphatic heterocycles. The van der Waals surface area contributed by atoms with Gasteiger partial charge in [0, 0.05) is 17.7 Å². The summed E-state index contributed by atoms with van der Waals surface area (Å²) in [7, 11) is 0. The van der Waals surface area contributed by atoms with Crippen LogP contribution in [0.1, 0.15) is 5.56 Å². The first-order valence-corrected chi connectivity index (χ1v) is 6.48. The zero-order valence-corrected chi connectivity index (χ0v) is 11.6. The third-order valence-electron chi connectivity index (χ3n) is 3.36. The maximum absolute atomic E-state index is 12.2. The van der Waals surface area contributed by atoms with Crippen LogP contribution in [0, 0.1) is 17.0 Å². The molecule has 0 aliphatic rings. The highest BCUT2D eigenvalue weighted by atomic mass is 16.6. The fraction of sp³-hybridized carbons (Fsp3) is 0.0625. The largest absolute Gasteiger partial charge is 0.502 e. The molecule has 0 unspecified atom stereocenters. The molecule has 0 aliphatic carbocycles. The predicted molar refractivity (Wildman–Crippen MR) is 81.0 cm³/mol. The lowest BCUT2D eigenvalue weighted by Crippen LogP contribution is -2.02. The average Bonchev–Trinajstić information content (AvgIpc) is 2.51. The molecule has 1 N–H and O–H groups in total. The summed E-state index contributed by atoms with van der Waals surface area (Å²) >= 11 is 0. The van der Waals surface area contributed by atoms with Crippen molar-refractivity contribution in [2.45, 2.75) is 6.92 Å². The third-order valence-corrected chi connectivity index (χ3v) is 3.36. The van der Waals surface area contributed by atoms with Gasteiger partial charge in [-0.15, -0.1) is 0 Å². The van der Waals surface area contributed by atoms with Crippen molar-refractivity contribution in [3.63, 3.8) is 0 Å². The first-order valence-electron chi connectivity index (χ1n) is 6.48.